The lowest BCUT2D eigenvalue weighted by Crippen LogP contribution is -2.39. The molecule has 0 aliphatic heterocycles. The summed E-state index contributed by atoms with van der Waals surface area (Å²) < 4.78 is 0. The molecule has 1 fully saturated rings. The minimum Gasteiger partial charge on any atom is -0.317 e. The van der Waals surface area contributed by atoms with Crippen molar-refractivity contribution in [2.24, 2.45) is 11.8 Å². The van der Waals surface area contributed by atoms with E-state index in [1.54, 1.807) is 6.20 Å². The highest BCUT2D eigenvalue weighted by Crippen LogP contribution is 2.34. The summed E-state index contributed by atoms with van der Waals surface area (Å²) in [6.07, 6.45) is 9.95. The van der Waals surface area contributed by atoms with E-state index in [0.717, 1.165) is 17.4 Å². The van der Waals surface area contributed by atoms with Crippen molar-refractivity contribution in [1.82, 2.24) is 10.3 Å². The number of nitrogens with one attached hydrogen (secondary N) is 1. The third-order valence-corrected chi connectivity index (χ3v) is 4.72. The number of halogens is 1. The normalized spacial score (nSPS) is 28.3. The highest BCUT2D eigenvalue weighted by Gasteiger charge is 2.29. The fourth-order valence-corrected chi connectivity index (χ4v) is 3.39. The topological polar surface area (TPSA) is 24.9 Å². The Morgan fingerprint density at radius 1 is 1.44 bits per heavy atom. The Morgan fingerprint density at radius 3 is 2.94 bits per heavy atom. The molecular formula is C15H23ClN2. The van der Waals surface area contributed by atoms with Crippen LogP contribution in [0.4, 0.5) is 0 Å². The molecule has 1 aromatic heterocycles. The van der Waals surface area contributed by atoms with E-state index in [0.29, 0.717) is 12.0 Å². The molecule has 3 unspecified atom stereocenters. The molecule has 18 heavy (non-hydrogen) atoms. The number of rotatable bonds is 4. The van der Waals surface area contributed by atoms with Gasteiger partial charge in [0.2, 0.25) is 0 Å². The molecule has 1 saturated carbocycles. The van der Waals surface area contributed by atoms with Gasteiger partial charge in [0.15, 0.2) is 0 Å². The Labute approximate surface area is 115 Å². The van der Waals surface area contributed by atoms with Crippen LogP contribution in [-0.4, -0.2) is 18.1 Å². The molecule has 100 valence electrons. The minimum atomic E-state index is 0.636. The zero-order valence-electron chi connectivity index (χ0n) is 11.3. The summed E-state index contributed by atoms with van der Waals surface area (Å²) in [6.45, 7) is 2.31. The van der Waals surface area contributed by atoms with Crippen molar-refractivity contribution < 1.29 is 0 Å². The third kappa shape index (κ3) is 3.24. The molecule has 0 radical (unpaired) electrons. The molecule has 1 aromatic rings. The summed E-state index contributed by atoms with van der Waals surface area (Å²) in [7, 11) is 2.08. The van der Waals surface area contributed by atoms with Crippen molar-refractivity contribution in [3.8, 4) is 0 Å². The van der Waals surface area contributed by atoms with E-state index in [-0.39, 0.29) is 0 Å². The van der Waals surface area contributed by atoms with Crippen molar-refractivity contribution in [3.63, 3.8) is 0 Å². The molecule has 1 aliphatic rings. The lowest BCUT2D eigenvalue weighted by molar-refractivity contribution is 0.205. The molecule has 3 atom stereocenters. The highest BCUT2D eigenvalue weighted by molar-refractivity contribution is 6.31. The van der Waals surface area contributed by atoms with Crippen LogP contribution >= 0.6 is 11.6 Å². The molecule has 2 nitrogen and oxygen atoms in total. The van der Waals surface area contributed by atoms with E-state index in [2.05, 4.69) is 30.3 Å². The zero-order chi connectivity index (χ0) is 13.0. The van der Waals surface area contributed by atoms with Crippen molar-refractivity contribution in [3.05, 3.63) is 29.0 Å². The van der Waals surface area contributed by atoms with Gasteiger partial charge in [-0.3, -0.25) is 4.98 Å². The first-order valence-electron chi connectivity index (χ1n) is 7.00. The van der Waals surface area contributed by atoms with Crippen LogP contribution < -0.4 is 5.32 Å². The summed E-state index contributed by atoms with van der Waals surface area (Å²) >= 11 is 6.22. The summed E-state index contributed by atoms with van der Waals surface area (Å²) in [6, 6.07) is 2.70. The molecule has 0 aromatic carbocycles. The van der Waals surface area contributed by atoms with E-state index in [9.17, 15) is 0 Å². The monoisotopic (exact) mass is 266 g/mol. The molecule has 1 N–H and O–H groups in total. The average molecular weight is 267 g/mol. The predicted octanol–water partition coefficient (Wildman–Crippen LogP) is 3.69. The number of aromatic nitrogens is 1. The van der Waals surface area contributed by atoms with Crippen LogP contribution in [0.25, 0.3) is 0 Å². The number of pyridine rings is 1. The van der Waals surface area contributed by atoms with Gasteiger partial charge in [-0.25, -0.2) is 0 Å². The van der Waals surface area contributed by atoms with Crippen LogP contribution in [-0.2, 0) is 6.42 Å². The first-order chi connectivity index (χ1) is 8.74. The van der Waals surface area contributed by atoms with E-state index < -0.39 is 0 Å². The van der Waals surface area contributed by atoms with Crippen molar-refractivity contribution in [1.29, 1.82) is 0 Å². The standard InChI is InChI=1S/C15H23ClN2/c1-3-11-4-5-15(17-2)13(8-11)9-12-6-7-18-10-14(12)16/h6-7,10-11,13,15,17H,3-5,8-9H2,1-2H3. The second kappa shape index (κ2) is 6.53. The van der Waals surface area contributed by atoms with Gasteiger partial charge in [0.25, 0.3) is 0 Å². The Hall–Kier alpha value is -0.600. The van der Waals surface area contributed by atoms with Crippen LogP contribution in [0.1, 0.15) is 38.2 Å². The second-order valence-corrected chi connectivity index (χ2v) is 5.82. The highest BCUT2D eigenvalue weighted by atomic mass is 35.5. The quantitative estimate of drug-likeness (QED) is 0.899. The molecule has 3 heteroatoms. The molecule has 0 bridgehead atoms. The second-order valence-electron chi connectivity index (χ2n) is 5.41. The van der Waals surface area contributed by atoms with Crippen molar-refractivity contribution in [2.45, 2.75) is 45.1 Å². The third-order valence-electron chi connectivity index (χ3n) is 4.38. The summed E-state index contributed by atoms with van der Waals surface area (Å²) in [5, 5.41) is 4.29. The molecule has 0 spiro atoms. The van der Waals surface area contributed by atoms with Gasteiger partial charge in [0, 0.05) is 18.4 Å². The number of hydrogen-bond acceptors (Lipinski definition) is 2. The Balaban J connectivity index is 2.07. The van der Waals surface area contributed by atoms with Crippen LogP contribution in [0.5, 0.6) is 0 Å². The minimum absolute atomic E-state index is 0.636. The maximum absolute atomic E-state index is 6.22. The van der Waals surface area contributed by atoms with E-state index in [1.165, 1.54) is 31.2 Å². The van der Waals surface area contributed by atoms with E-state index >= 15 is 0 Å². The molecular weight excluding hydrogens is 244 g/mol. The fraction of sp³-hybridized carbons (Fsp3) is 0.667. The molecule has 1 heterocycles. The molecule has 0 saturated heterocycles. The number of nitrogens with zero attached hydrogens (tertiary/aromatic N) is 1. The first-order valence-corrected chi connectivity index (χ1v) is 7.38. The van der Waals surface area contributed by atoms with Crippen LogP contribution in [0, 0.1) is 11.8 Å². The molecule has 0 amide bonds. The largest absolute Gasteiger partial charge is 0.317 e. The lowest BCUT2D eigenvalue weighted by Gasteiger charge is -2.36. The Morgan fingerprint density at radius 2 is 2.28 bits per heavy atom. The van der Waals surface area contributed by atoms with Gasteiger partial charge in [-0.1, -0.05) is 24.9 Å². The average Bonchev–Trinajstić information content (AvgIpc) is 2.41. The van der Waals surface area contributed by atoms with E-state index in [1.807, 2.05) is 6.20 Å². The molecule has 2 rings (SSSR count). The van der Waals surface area contributed by atoms with Gasteiger partial charge in [-0.05, 0) is 56.2 Å². The zero-order valence-corrected chi connectivity index (χ0v) is 12.1. The SMILES string of the molecule is CCC1CCC(NC)C(Cc2ccncc2Cl)C1. The van der Waals surface area contributed by atoms with Gasteiger partial charge in [-0.2, -0.15) is 0 Å². The summed E-state index contributed by atoms with van der Waals surface area (Å²) in [5.74, 6) is 1.59. The van der Waals surface area contributed by atoms with Crippen LogP contribution in [0.3, 0.4) is 0 Å². The van der Waals surface area contributed by atoms with Gasteiger partial charge in [0.1, 0.15) is 0 Å². The van der Waals surface area contributed by atoms with Crippen LogP contribution in [0.15, 0.2) is 18.5 Å². The Kier molecular flexibility index (Phi) is 5.02. The van der Waals surface area contributed by atoms with Gasteiger partial charge in [0.05, 0.1) is 5.02 Å². The summed E-state index contributed by atoms with van der Waals surface area (Å²) in [4.78, 5) is 4.06. The fourth-order valence-electron chi connectivity index (χ4n) is 3.19. The Bertz CT molecular complexity index is 381. The van der Waals surface area contributed by atoms with Crippen molar-refractivity contribution in [2.75, 3.05) is 7.05 Å². The van der Waals surface area contributed by atoms with E-state index in [4.69, 9.17) is 11.6 Å². The van der Waals surface area contributed by atoms with Crippen molar-refractivity contribution >= 4 is 11.6 Å². The van der Waals surface area contributed by atoms with Gasteiger partial charge in [-0.15, -0.1) is 0 Å². The maximum Gasteiger partial charge on any atom is 0.0621 e. The van der Waals surface area contributed by atoms with Gasteiger partial charge < -0.3 is 5.32 Å². The predicted molar refractivity (Wildman–Crippen MR) is 76.9 cm³/mol. The summed E-state index contributed by atoms with van der Waals surface area (Å²) in [5.41, 5.74) is 1.24. The maximum atomic E-state index is 6.22. The molecule has 1 aliphatic carbocycles. The number of hydrogen-bond donors (Lipinski definition) is 1. The smallest absolute Gasteiger partial charge is 0.0621 e. The first kappa shape index (κ1) is 13.8. The van der Waals surface area contributed by atoms with Gasteiger partial charge >= 0.3 is 0 Å². The lowest BCUT2D eigenvalue weighted by atomic mass is 9.74. The van der Waals surface area contributed by atoms with Crippen LogP contribution in [0.2, 0.25) is 5.02 Å².